The molecule has 1 aliphatic heterocycles. The Kier molecular flexibility index (Phi) is 4.98. The van der Waals surface area contributed by atoms with Crippen LogP contribution in [0.2, 0.25) is 0 Å². The van der Waals surface area contributed by atoms with Crippen LogP contribution in [0.25, 0.3) is 0 Å². The molecule has 0 saturated carbocycles. The van der Waals surface area contributed by atoms with Crippen molar-refractivity contribution in [1.82, 2.24) is 4.31 Å². The highest BCUT2D eigenvalue weighted by molar-refractivity contribution is 7.89. The number of rotatable bonds is 5. The van der Waals surface area contributed by atoms with Crippen LogP contribution in [0.5, 0.6) is 0 Å². The molecule has 1 fully saturated rings. The first kappa shape index (κ1) is 12.9. The van der Waals surface area contributed by atoms with Gasteiger partial charge in [0.2, 0.25) is 10.0 Å². The molecule has 0 radical (unpaired) electrons. The number of ether oxygens (including phenoxy) is 1. The summed E-state index contributed by atoms with van der Waals surface area (Å²) in [5.41, 5.74) is 0. The zero-order valence-corrected chi connectivity index (χ0v) is 9.87. The molecule has 1 heterocycles. The molecule has 15 heavy (non-hydrogen) atoms. The molecule has 6 heteroatoms. The van der Waals surface area contributed by atoms with E-state index in [4.69, 9.17) is 4.74 Å². The van der Waals surface area contributed by atoms with E-state index in [0.29, 0.717) is 19.5 Å². The molecule has 0 aromatic rings. The van der Waals surface area contributed by atoms with Crippen molar-refractivity contribution >= 4 is 10.0 Å². The average Bonchev–Trinajstić information content (AvgIpc) is 2.16. The average molecular weight is 237 g/mol. The second-order valence-corrected chi connectivity index (χ2v) is 5.91. The number of hydrogen-bond acceptors (Lipinski definition) is 4. The molecule has 0 aromatic heterocycles. The first-order valence-electron chi connectivity index (χ1n) is 5.21. The quantitative estimate of drug-likeness (QED) is 0.719. The van der Waals surface area contributed by atoms with Crippen molar-refractivity contribution in [3.8, 4) is 0 Å². The Morgan fingerprint density at radius 2 is 2.20 bits per heavy atom. The van der Waals surface area contributed by atoms with Crippen LogP contribution in [0.4, 0.5) is 0 Å². The molecular formula is C9H19NO4S. The molecule has 1 unspecified atom stereocenters. The van der Waals surface area contributed by atoms with Crippen molar-refractivity contribution in [2.24, 2.45) is 0 Å². The predicted octanol–water partition coefficient (Wildman–Crippen LogP) is -0.191. The summed E-state index contributed by atoms with van der Waals surface area (Å²) < 4.78 is 29.4. The lowest BCUT2D eigenvalue weighted by atomic mass is 10.2. The standard InChI is InChI=1S/C9H19NO4S/c1-14-8-9(11)4-6-10-5-2-3-7-15(10,12)13/h9,11H,2-8H2,1H3. The van der Waals surface area contributed by atoms with Crippen molar-refractivity contribution < 1.29 is 18.3 Å². The second-order valence-electron chi connectivity index (χ2n) is 3.82. The van der Waals surface area contributed by atoms with Gasteiger partial charge < -0.3 is 9.84 Å². The highest BCUT2D eigenvalue weighted by Crippen LogP contribution is 2.14. The van der Waals surface area contributed by atoms with E-state index in [1.54, 1.807) is 0 Å². The van der Waals surface area contributed by atoms with Crippen molar-refractivity contribution in [2.45, 2.75) is 25.4 Å². The Morgan fingerprint density at radius 3 is 2.80 bits per heavy atom. The van der Waals surface area contributed by atoms with Gasteiger partial charge in [0.05, 0.1) is 18.5 Å². The summed E-state index contributed by atoms with van der Waals surface area (Å²) in [4.78, 5) is 0. The minimum Gasteiger partial charge on any atom is -0.391 e. The summed E-state index contributed by atoms with van der Waals surface area (Å²) in [6.07, 6.45) is 1.53. The summed E-state index contributed by atoms with van der Waals surface area (Å²) in [5.74, 6) is 0.243. The van der Waals surface area contributed by atoms with Crippen LogP contribution in [0.3, 0.4) is 0 Å². The Balaban J connectivity index is 2.37. The van der Waals surface area contributed by atoms with Crippen molar-refractivity contribution in [3.05, 3.63) is 0 Å². The van der Waals surface area contributed by atoms with E-state index >= 15 is 0 Å². The first-order chi connectivity index (χ1) is 7.06. The lowest BCUT2D eigenvalue weighted by molar-refractivity contribution is 0.0560. The van der Waals surface area contributed by atoms with E-state index in [9.17, 15) is 13.5 Å². The molecule has 0 spiro atoms. The van der Waals surface area contributed by atoms with Crippen LogP contribution in [0, 0.1) is 0 Å². The monoisotopic (exact) mass is 237 g/mol. The van der Waals surface area contributed by atoms with Gasteiger partial charge in [-0.3, -0.25) is 0 Å². The fraction of sp³-hybridized carbons (Fsp3) is 1.00. The maximum atomic E-state index is 11.6. The van der Waals surface area contributed by atoms with Gasteiger partial charge >= 0.3 is 0 Å². The number of nitrogens with zero attached hydrogens (tertiary/aromatic N) is 1. The number of aliphatic hydroxyl groups excluding tert-OH is 1. The smallest absolute Gasteiger partial charge is 0.214 e. The molecule has 1 N–H and O–H groups in total. The van der Waals surface area contributed by atoms with Crippen LogP contribution in [-0.4, -0.2) is 56.5 Å². The topological polar surface area (TPSA) is 66.8 Å². The van der Waals surface area contributed by atoms with Crippen molar-refractivity contribution in [1.29, 1.82) is 0 Å². The molecule has 0 bridgehead atoms. The fourth-order valence-corrected chi connectivity index (χ4v) is 3.28. The third kappa shape index (κ3) is 4.06. The third-order valence-electron chi connectivity index (χ3n) is 2.52. The van der Waals surface area contributed by atoms with E-state index in [1.807, 2.05) is 0 Å². The molecule has 1 saturated heterocycles. The van der Waals surface area contributed by atoms with Crippen molar-refractivity contribution in [2.75, 3.05) is 32.6 Å². The number of hydrogen-bond donors (Lipinski definition) is 1. The van der Waals surface area contributed by atoms with Gasteiger partial charge in [-0.25, -0.2) is 12.7 Å². The minimum absolute atomic E-state index is 0.243. The summed E-state index contributed by atoms with van der Waals surface area (Å²) in [6, 6.07) is 0. The molecule has 0 aliphatic carbocycles. The zero-order chi connectivity index (χ0) is 11.3. The van der Waals surface area contributed by atoms with Crippen LogP contribution < -0.4 is 0 Å². The maximum Gasteiger partial charge on any atom is 0.214 e. The fourth-order valence-electron chi connectivity index (χ4n) is 1.66. The maximum absolute atomic E-state index is 11.6. The predicted molar refractivity (Wildman–Crippen MR) is 57.1 cm³/mol. The summed E-state index contributed by atoms with van der Waals surface area (Å²) >= 11 is 0. The highest BCUT2D eigenvalue weighted by Gasteiger charge is 2.25. The third-order valence-corrected chi connectivity index (χ3v) is 4.48. The normalized spacial score (nSPS) is 23.9. The Labute approximate surface area is 91.1 Å². The molecule has 0 amide bonds. The summed E-state index contributed by atoms with van der Waals surface area (Å²) in [5, 5.41) is 9.40. The van der Waals surface area contributed by atoms with Crippen LogP contribution in [0.15, 0.2) is 0 Å². The molecular weight excluding hydrogens is 218 g/mol. The number of sulfonamides is 1. The highest BCUT2D eigenvalue weighted by atomic mass is 32.2. The number of methoxy groups -OCH3 is 1. The van der Waals surface area contributed by atoms with Crippen LogP contribution in [0.1, 0.15) is 19.3 Å². The Hall–Kier alpha value is -0.170. The van der Waals surface area contributed by atoms with Crippen molar-refractivity contribution in [3.63, 3.8) is 0 Å². The Morgan fingerprint density at radius 1 is 1.47 bits per heavy atom. The van der Waals surface area contributed by atoms with Gasteiger partial charge in [0.25, 0.3) is 0 Å². The van der Waals surface area contributed by atoms with Gasteiger partial charge in [-0.15, -0.1) is 0 Å². The zero-order valence-electron chi connectivity index (χ0n) is 9.05. The Bertz CT molecular complexity index is 278. The summed E-state index contributed by atoms with van der Waals surface area (Å²) in [6.45, 7) is 1.24. The molecule has 5 nitrogen and oxygen atoms in total. The molecule has 1 rings (SSSR count). The molecule has 1 aliphatic rings. The SMILES string of the molecule is COCC(O)CCN1CCCCS1(=O)=O. The number of aliphatic hydroxyl groups is 1. The molecule has 90 valence electrons. The van der Waals surface area contributed by atoms with Gasteiger partial charge in [-0.05, 0) is 19.3 Å². The van der Waals surface area contributed by atoms with Gasteiger partial charge in [0, 0.05) is 20.2 Å². The minimum atomic E-state index is -3.05. The lowest BCUT2D eigenvalue weighted by Crippen LogP contribution is -2.39. The van der Waals surface area contributed by atoms with E-state index in [0.717, 1.165) is 12.8 Å². The molecule has 0 aromatic carbocycles. The van der Waals surface area contributed by atoms with E-state index in [1.165, 1.54) is 11.4 Å². The van der Waals surface area contributed by atoms with Crippen LogP contribution in [-0.2, 0) is 14.8 Å². The molecule has 1 atom stereocenters. The van der Waals surface area contributed by atoms with E-state index in [-0.39, 0.29) is 12.4 Å². The van der Waals surface area contributed by atoms with E-state index in [2.05, 4.69) is 0 Å². The van der Waals surface area contributed by atoms with Gasteiger partial charge in [-0.1, -0.05) is 0 Å². The lowest BCUT2D eigenvalue weighted by Gasteiger charge is -2.26. The van der Waals surface area contributed by atoms with E-state index < -0.39 is 16.1 Å². The summed E-state index contributed by atoms with van der Waals surface area (Å²) in [7, 11) is -1.54. The van der Waals surface area contributed by atoms with Crippen LogP contribution >= 0.6 is 0 Å². The van der Waals surface area contributed by atoms with Gasteiger partial charge in [0.1, 0.15) is 0 Å². The first-order valence-corrected chi connectivity index (χ1v) is 6.82. The largest absolute Gasteiger partial charge is 0.391 e. The van der Waals surface area contributed by atoms with Gasteiger partial charge in [-0.2, -0.15) is 0 Å². The van der Waals surface area contributed by atoms with Gasteiger partial charge in [0.15, 0.2) is 0 Å². The second kappa shape index (κ2) is 5.79.